The number of carbonyl (C=O) groups excluding carboxylic acids is 2. The van der Waals surface area contributed by atoms with Gasteiger partial charge in [-0.05, 0) is 49.6 Å². The number of pyridine rings is 1. The van der Waals surface area contributed by atoms with Gasteiger partial charge in [0.2, 0.25) is 0 Å². The molecule has 0 unspecified atom stereocenters. The fourth-order valence-corrected chi connectivity index (χ4v) is 5.29. The standard InChI is InChI=1S/C23H26FN3O2S/c1-16-8-9-17(15-20(16)24)22(28)26-11-13-27(14-12-26)23(29)19-7-4-10-25-21(19)30-18-5-2-3-6-18/h4,7-10,15,18H,2-3,5-6,11-14H2,1H3. The van der Waals surface area contributed by atoms with Crippen molar-refractivity contribution >= 4 is 23.6 Å². The molecule has 0 N–H and O–H groups in total. The third-order valence-electron chi connectivity index (χ3n) is 5.85. The van der Waals surface area contributed by atoms with E-state index >= 15 is 0 Å². The van der Waals surface area contributed by atoms with Crippen LogP contribution < -0.4 is 0 Å². The Labute approximate surface area is 180 Å². The Balaban J connectivity index is 1.40. The van der Waals surface area contributed by atoms with Crippen LogP contribution in [0.25, 0.3) is 0 Å². The van der Waals surface area contributed by atoms with E-state index < -0.39 is 0 Å². The Morgan fingerprint density at radius 1 is 1.03 bits per heavy atom. The second kappa shape index (κ2) is 9.16. The Morgan fingerprint density at radius 2 is 1.70 bits per heavy atom. The minimum absolute atomic E-state index is 0.0305. The Morgan fingerprint density at radius 3 is 2.37 bits per heavy atom. The first-order valence-corrected chi connectivity index (χ1v) is 11.4. The lowest BCUT2D eigenvalue weighted by molar-refractivity contribution is 0.0533. The summed E-state index contributed by atoms with van der Waals surface area (Å²) in [6.07, 6.45) is 6.58. The molecule has 1 aliphatic heterocycles. The van der Waals surface area contributed by atoms with E-state index in [9.17, 15) is 14.0 Å². The summed E-state index contributed by atoms with van der Waals surface area (Å²) in [4.78, 5) is 33.8. The molecule has 30 heavy (non-hydrogen) atoms. The normalized spacial score (nSPS) is 17.4. The van der Waals surface area contributed by atoms with E-state index in [0.717, 1.165) is 5.03 Å². The predicted octanol–water partition coefficient (Wildman–Crippen LogP) is 4.16. The number of hydrogen-bond donors (Lipinski definition) is 0. The van der Waals surface area contributed by atoms with E-state index in [1.807, 2.05) is 6.07 Å². The van der Waals surface area contributed by atoms with Crippen molar-refractivity contribution in [2.75, 3.05) is 26.2 Å². The Kier molecular flexibility index (Phi) is 6.37. The monoisotopic (exact) mass is 427 g/mol. The van der Waals surface area contributed by atoms with Crippen LogP contribution in [-0.4, -0.2) is 58.0 Å². The number of amides is 2. The quantitative estimate of drug-likeness (QED) is 0.735. The van der Waals surface area contributed by atoms with Gasteiger partial charge in [-0.1, -0.05) is 18.9 Å². The molecule has 158 valence electrons. The fraction of sp³-hybridized carbons (Fsp3) is 0.435. The lowest BCUT2D eigenvalue weighted by Gasteiger charge is -2.35. The Bertz CT molecular complexity index is 938. The minimum Gasteiger partial charge on any atom is -0.335 e. The number of carbonyl (C=O) groups is 2. The summed E-state index contributed by atoms with van der Waals surface area (Å²) >= 11 is 1.72. The van der Waals surface area contributed by atoms with Crippen LogP contribution in [0, 0.1) is 12.7 Å². The summed E-state index contributed by atoms with van der Waals surface area (Å²) in [5.74, 6) is -0.601. The molecule has 0 bridgehead atoms. The molecule has 1 saturated heterocycles. The van der Waals surface area contributed by atoms with Gasteiger partial charge in [-0.2, -0.15) is 0 Å². The summed E-state index contributed by atoms with van der Waals surface area (Å²) in [5, 5.41) is 1.35. The second-order valence-corrected chi connectivity index (χ2v) is 9.22. The lowest BCUT2D eigenvalue weighted by atomic mass is 10.1. The summed E-state index contributed by atoms with van der Waals surface area (Å²) < 4.78 is 13.8. The number of thioether (sulfide) groups is 1. The molecular weight excluding hydrogens is 401 g/mol. The van der Waals surface area contributed by atoms with Crippen molar-refractivity contribution in [1.29, 1.82) is 0 Å². The first-order chi connectivity index (χ1) is 14.5. The van der Waals surface area contributed by atoms with Gasteiger partial charge >= 0.3 is 0 Å². The summed E-state index contributed by atoms with van der Waals surface area (Å²) in [7, 11) is 0. The van der Waals surface area contributed by atoms with Gasteiger partial charge < -0.3 is 9.80 Å². The smallest absolute Gasteiger partial charge is 0.256 e. The highest BCUT2D eigenvalue weighted by atomic mass is 32.2. The van der Waals surface area contributed by atoms with Crippen LogP contribution in [0.1, 0.15) is 52.0 Å². The predicted molar refractivity (Wildman–Crippen MR) is 115 cm³/mol. The molecule has 4 rings (SSSR count). The van der Waals surface area contributed by atoms with E-state index in [4.69, 9.17) is 0 Å². The zero-order valence-corrected chi connectivity index (χ0v) is 18.0. The molecule has 1 saturated carbocycles. The van der Waals surface area contributed by atoms with Crippen LogP contribution >= 0.6 is 11.8 Å². The molecule has 2 aliphatic rings. The van der Waals surface area contributed by atoms with Crippen molar-refractivity contribution in [2.45, 2.75) is 42.9 Å². The van der Waals surface area contributed by atoms with Gasteiger partial charge in [0.25, 0.3) is 11.8 Å². The van der Waals surface area contributed by atoms with Crippen molar-refractivity contribution in [3.05, 3.63) is 59.0 Å². The third-order valence-corrected chi connectivity index (χ3v) is 7.21. The van der Waals surface area contributed by atoms with E-state index in [0.29, 0.717) is 48.1 Å². The minimum atomic E-state index is -0.376. The molecule has 1 aromatic heterocycles. The van der Waals surface area contributed by atoms with E-state index in [1.54, 1.807) is 52.9 Å². The Hall–Kier alpha value is -2.41. The number of benzene rings is 1. The zero-order valence-electron chi connectivity index (χ0n) is 17.1. The third kappa shape index (κ3) is 4.51. The second-order valence-electron chi connectivity index (χ2n) is 7.93. The van der Waals surface area contributed by atoms with Crippen molar-refractivity contribution in [3.63, 3.8) is 0 Å². The van der Waals surface area contributed by atoms with Gasteiger partial charge in [0, 0.05) is 43.2 Å². The van der Waals surface area contributed by atoms with E-state index in [1.165, 1.54) is 31.7 Å². The fourth-order valence-electron chi connectivity index (χ4n) is 4.00. The molecule has 2 aromatic rings. The van der Waals surface area contributed by atoms with Crippen molar-refractivity contribution < 1.29 is 14.0 Å². The average Bonchev–Trinajstić information content (AvgIpc) is 3.28. The number of aryl methyl sites for hydroxylation is 1. The molecule has 0 atom stereocenters. The lowest BCUT2D eigenvalue weighted by Crippen LogP contribution is -2.50. The van der Waals surface area contributed by atoms with Gasteiger partial charge in [0.1, 0.15) is 10.8 Å². The molecule has 2 fully saturated rings. The molecule has 1 aliphatic carbocycles. The number of aromatic nitrogens is 1. The maximum atomic E-state index is 13.8. The van der Waals surface area contributed by atoms with Gasteiger partial charge in [-0.15, -0.1) is 11.8 Å². The van der Waals surface area contributed by atoms with Crippen LogP contribution in [0.2, 0.25) is 0 Å². The molecule has 0 spiro atoms. The van der Waals surface area contributed by atoms with Gasteiger partial charge in [0.15, 0.2) is 0 Å². The van der Waals surface area contributed by atoms with Crippen LogP contribution in [0.5, 0.6) is 0 Å². The highest BCUT2D eigenvalue weighted by Gasteiger charge is 2.28. The van der Waals surface area contributed by atoms with Gasteiger partial charge in [-0.25, -0.2) is 9.37 Å². The van der Waals surface area contributed by atoms with Crippen molar-refractivity contribution in [2.24, 2.45) is 0 Å². The summed E-state index contributed by atoms with van der Waals surface area (Å²) in [6.45, 7) is 3.46. The van der Waals surface area contributed by atoms with E-state index in [2.05, 4.69) is 4.98 Å². The first kappa shape index (κ1) is 20.8. The number of halogens is 1. The number of hydrogen-bond acceptors (Lipinski definition) is 4. The maximum absolute atomic E-state index is 13.8. The van der Waals surface area contributed by atoms with Crippen LogP contribution in [-0.2, 0) is 0 Å². The highest BCUT2D eigenvalue weighted by molar-refractivity contribution is 7.99. The highest BCUT2D eigenvalue weighted by Crippen LogP contribution is 2.35. The number of nitrogens with zero attached hydrogens (tertiary/aromatic N) is 3. The summed E-state index contributed by atoms with van der Waals surface area (Å²) in [5.41, 5.74) is 1.51. The SMILES string of the molecule is Cc1ccc(C(=O)N2CCN(C(=O)c3cccnc3SC3CCCC3)CC2)cc1F. The molecule has 1 aromatic carbocycles. The van der Waals surface area contributed by atoms with Gasteiger partial charge in [0.05, 0.1) is 5.56 Å². The van der Waals surface area contributed by atoms with Crippen LogP contribution in [0.3, 0.4) is 0 Å². The van der Waals surface area contributed by atoms with Crippen molar-refractivity contribution in [3.8, 4) is 0 Å². The molecule has 5 nitrogen and oxygen atoms in total. The maximum Gasteiger partial charge on any atom is 0.256 e. The number of rotatable bonds is 4. The average molecular weight is 428 g/mol. The summed E-state index contributed by atoms with van der Waals surface area (Å²) in [6, 6.07) is 8.21. The van der Waals surface area contributed by atoms with Crippen LogP contribution in [0.4, 0.5) is 4.39 Å². The molecule has 7 heteroatoms. The molecule has 2 heterocycles. The van der Waals surface area contributed by atoms with Crippen LogP contribution in [0.15, 0.2) is 41.6 Å². The van der Waals surface area contributed by atoms with E-state index in [-0.39, 0.29) is 17.6 Å². The van der Waals surface area contributed by atoms with Gasteiger partial charge in [-0.3, -0.25) is 9.59 Å². The molecular formula is C23H26FN3O2S. The number of piperazine rings is 1. The topological polar surface area (TPSA) is 53.5 Å². The zero-order chi connectivity index (χ0) is 21.1. The van der Waals surface area contributed by atoms with Crippen molar-refractivity contribution in [1.82, 2.24) is 14.8 Å². The molecule has 2 amide bonds. The largest absolute Gasteiger partial charge is 0.335 e. The molecule has 0 radical (unpaired) electrons. The first-order valence-electron chi connectivity index (χ1n) is 10.5.